The van der Waals surface area contributed by atoms with Gasteiger partial charge in [-0.25, -0.2) is 0 Å². The number of nitrogens with one attached hydrogen (secondary N) is 2. The number of aromatic nitrogens is 1. The molecule has 2 amide bonds. The van der Waals surface area contributed by atoms with Crippen molar-refractivity contribution in [3.8, 4) is 0 Å². The topological polar surface area (TPSA) is 71.1 Å². The Morgan fingerprint density at radius 1 is 0.897 bits per heavy atom. The molecule has 0 bridgehead atoms. The smallest absolute Gasteiger partial charge is 0.265 e. The van der Waals surface area contributed by atoms with Crippen molar-refractivity contribution in [2.75, 3.05) is 11.9 Å². The van der Waals surface area contributed by atoms with Gasteiger partial charge in [0, 0.05) is 18.1 Å². The van der Waals surface area contributed by atoms with Crippen LogP contribution in [0.2, 0.25) is 0 Å². The van der Waals surface area contributed by atoms with Gasteiger partial charge in [0.1, 0.15) is 0 Å². The van der Waals surface area contributed by atoms with Gasteiger partial charge in [0.05, 0.1) is 21.6 Å². The fourth-order valence-electron chi connectivity index (χ4n) is 3.16. The van der Waals surface area contributed by atoms with Crippen LogP contribution in [0.4, 0.5) is 5.69 Å². The first-order valence-electron chi connectivity index (χ1n) is 9.27. The van der Waals surface area contributed by atoms with Crippen molar-refractivity contribution in [3.05, 3.63) is 94.3 Å². The lowest BCUT2D eigenvalue weighted by molar-refractivity contribution is 0.0955. The van der Waals surface area contributed by atoms with Gasteiger partial charge in [0.25, 0.3) is 11.8 Å². The monoisotopic (exact) mass is 401 g/mol. The molecule has 0 atom stereocenters. The lowest BCUT2D eigenvalue weighted by atomic mass is 10.1. The largest absolute Gasteiger partial charge is 0.352 e. The zero-order chi connectivity index (χ0) is 20.1. The lowest BCUT2D eigenvalue weighted by Gasteiger charge is -2.11. The number of thiophene rings is 1. The number of hydrogen-bond donors (Lipinski definition) is 2. The van der Waals surface area contributed by atoms with Crippen LogP contribution in [-0.4, -0.2) is 23.3 Å². The number of benzene rings is 2. The number of anilines is 1. The molecular weight excluding hydrogens is 382 g/mol. The number of amides is 2. The normalized spacial score (nSPS) is 10.6. The average molecular weight is 401 g/mol. The molecule has 0 aliphatic heterocycles. The lowest BCUT2D eigenvalue weighted by Crippen LogP contribution is -2.27. The molecule has 0 radical (unpaired) electrons. The summed E-state index contributed by atoms with van der Waals surface area (Å²) in [5, 5.41) is 8.70. The Labute approximate surface area is 172 Å². The Morgan fingerprint density at radius 3 is 2.62 bits per heavy atom. The number of carbonyl (C=O) groups is 2. The Balaban J connectivity index is 1.43. The Kier molecular flexibility index (Phi) is 5.63. The van der Waals surface area contributed by atoms with Gasteiger partial charge in [-0.2, -0.15) is 0 Å². The van der Waals surface area contributed by atoms with Crippen molar-refractivity contribution in [1.29, 1.82) is 0 Å². The highest BCUT2D eigenvalue weighted by atomic mass is 32.1. The molecule has 6 heteroatoms. The van der Waals surface area contributed by atoms with Gasteiger partial charge in [0.2, 0.25) is 0 Å². The number of carbonyl (C=O) groups excluding carboxylic acids is 2. The highest BCUT2D eigenvalue weighted by Crippen LogP contribution is 2.19. The number of nitrogens with zero attached hydrogens (tertiary/aromatic N) is 1. The number of para-hydroxylation sites is 2. The summed E-state index contributed by atoms with van der Waals surface area (Å²) in [5.41, 5.74) is 2.97. The van der Waals surface area contributed by atoms with E-state index in [-0.39, 0.29) is 11.8 Å². The SMILES string of the molecule is O=C(Nc1ccccc1C(=O)NCCc1cccc2cccnc12)c1cccs1. The Morgan fingerprint density at radius 2 is 1.76 bits per heavy atom. The molecule has 29 heavy (non-hydrogen) atoms. The second-order valence-corrected chi connectivity index (χ2v) is 7.42. The van der Waals surface area contributed by atoms with Gasteiger partial charge >= 0.3 is 0 Å². The maximum absolute atomic E-state index is 12.7. The van der Waals surface area contributed by atoms with E-state index in [1.54, 1.807) is 36.5 Å². The minimum atomic E-state index is -0.222. The molecule has 0 saturated carbocycles. The fourth-order valence-corrected chi connectivity index (χ4v) is 3.78. The first kappa shape index (κ1) is 18.8. The molecule has 2 heterocycles. The van der Waals surface area contributed by atoms with Gasteiger partial charge < -0.3 is 10.6 Å². The minimum absolute atomic E-state index is 0.220. The quantitative estimate of drug-likeness (QED) is 0.499. The van der Waals surface area contributed by atoms with Crippen LogP contribution in [0.1, 0.15) is 25.6 Å². The van der Waals surface area contributed by atoms with Crippen LogP contribution in [0.3, 0.4) is 0 Å². The van der Waals surface area contributed by atoms with Crippen molar-refractivity contribution < 1.29 is 9.59 Å². The molecule has 2 aromatic carbocycles. The minimum Gasteiger partial charge on any atom is -0.352 e. The zero-order valence-electron chi connectivity index (χ0n) is 15.6. The van der Waals surface area contributed by atoms with E-state index in [1.165, 1.54) is 11.3 Å². The number of fused-ring (bicyclic) bond motifs is 1. The van der Waals surface area contributed by atoms with Crippen LogP contribution in [0, 0.1) is 0 Å². The maximum atomic E-state index is 12.7. The summed E-state index contributed by atoms with van der Waals surface area (Å²) in [4.78, 5) is 30.1. The van der Waals surface area contributed by atoms with Crippen molar-refractivity contribution in [2.24, 2.45) is 0 Å². The highest BCUT2D eigenvalue weighted by Gasteiger charge is 2.14. The molecule has 0 aliphatic rings. The maximum Gasteiger partial charge on any atom is 0.265 e. The second-order valence-electron chi connectivity index (χ2n) is 6.48. The number of pyridine rings is 1. The summed E-state index contributed by atoms with van der Waals surface area (Å²) in [5.74, 6) is -0.442. The van der Waals surface area contributed by atoms with E-state index in [0.29, 0.717) is 29.1 Å². The number of rotatable bonds is 6. The van der Waals surface area contributed by atoms with Crippen LogP contribution < -0.4 is 10.6 Å². The first-order valence-corrected chi connectivity index (χ1v) is 10.1. The molecule has 144 valence electrons. The predicted octanol–water partition coefficient (Wildman–Crippen LogP) is 4.52. The van der Waals surface area contributed by atoms with Gasteiger partial charge in [-0.1, -0.05) is 42.5 Å². The van der Waals surface area contributed by atoms with Crippen LogP contribution >= 0.6 is 11.3 Å². The second kappa shape index (κ2) is 8.67. The molecular formula is C23H19N3O2S. The average Bonchev–Trinajstić information content (AvgIpc) is 3.29. The van der Waals surface area contributed by atoms with Gasteiger partial charge in [-0.05, 0) is 41.6 Å². The third-order valence-electron chi connectivity index (χ3n) is 4.56. The van der Waals surface area contributed by atoms with E-state index in [9.17, 15) is 9.59 Å². The third-order valence-corrected chi connectivity index (χ3v) is 5.43. The van der Waals surface area contributed by atoms with Crippen LogP contribution in [0.25, 0.3) is 10.9 Å². The molecule has 0 spiro atoms. The fraction of sp³-hybridized carbons (Fsp3) is 0.0870. The molecule has 0 unspecified atom stereocenters. The summed E-state index contributed by atoms with van der Waals surface area (Å²) in [6.45, 7) is 0.474. The van der Waals surface area contributed by atoms with E-state index < -0.39 is 0 Å². The van der Waals surface area contributed by atoms with Crippen LogP contribution in [-0.2, 0) is 6.42 Å². The Hall–Kier alpha value is -3.51. The molecule has 2 aromatic heterocycles. The summed E-state index contributed by atoms with van der Waals surface area (Å²) in [7, 11) is 0. The molecule has 0 aliphatic carbocycles. The summed E-state index contributed by atoms with van der Waals surface area (Å²) in [6.07, 6.45) is 2.45. The van der Waals surface area contributed by atoms with Gasteiger partial charge in [-0.3, -0.25) is 14.6 Å². The molecule has 4 rings (SSSR count). The summed E-state index contributed by atoms with van der Waals surface area (Å²) in [6, 6.07) is 20.6. The van der Waals surface area contributed by atoms with E-state index in [1.807, 2.05) is 41.8 Å². The van der Waals surface area contributed by atoms with Crippen molar-refractivity contribution >= 4 is 39.7 Å². The third kappa shape index (κ3) is 4.33. The van der Waals surface area contributed by atoms with Gasteiger partial charge in [0.15, 0.2) is 0 Å². The van der Waals surface area contributed by atoms with Crippen molar-refractivity contribution in [1.82, 2.24) is 10.3 Å². The molecule has 5 nitrogen and oxygen atoms in total. The Bertz CT molecular complexity index is 1150. The molecule has 2 N–H and O–H groups in total. The van der Waals surface area contributed by atoms with Crippen molar-refractivity contribution in [3.63, 3.8) is 0 Å². The van der Waals surface area contributed by atoms with Crippen LogP contribution in [0.15, 0.2) is 78.3 Å². The molecule has 0 fully saturated rings. The number of hydrogen-bond acceptors (Lipinski definition) is 4. The zero-order valence-corrected chi connectivity index (χ0v) is 16.4. The molecule has 4 aromatic rings. The van der Waals surface area contributed by atoms with E-state index >= 15 is 0 Å². The summed E-state index contributed by atoms with van der Waals surface area (Å²) < 4.78 is 0. The summed E-state index contributed by atoms with van der Waals surface area (Å²) >= 11 is 1.36. The predicted molar refractivity (Wildman–Crippen MR) is 116 cm³/mol. The van der Waals surface area contributed by atoms with E-state index in [4.69, 9.17) is 0 Å². The standard InChI is InChI=1S/C23H19N3O2S/c27-22(25-14-12-17-7-3-6-16-8-4-13-24-21(16)17)18-9-1-2-10-19(18)26-23(28)20-11-5-15-29-20/h1-11,13,15H,12,14H2,(H,25,27)(H,26,28). The van der Waals surface area contributed by atoms with Gasteiger partial charge in [-0.15, -0.1) is 11.3 Å². The molecule has 0 saturated heterocycles. The van der Waals surface area contributed by atoms with Crippen LogP contribution in [0.5, 0.6) is 0 Å². The highest BCUT2D eigenvalue weighted by molar-refractivity contribution is 7.12. The van der Waals surface area contributed by atoms with Crippen molar-refractivity contribution in [2.45, 2.75) is 6.42 Å². The van der Waals surface area contributed by atoms with E-state index in [2.05, 4.69) is 15.6 Å². The van der Waals surface area contributed by atoms with E-state index in [0.717, 1.165) is 16.5 Å². The first-order chi connectivity index (χ1) is 14.2.